The number of hydrogen-bond donors (Lipinski definition) is 2. The predicted octanol–water partition coefficient (Wildman–Crippen LogP) is 2.04. The van der Waals surface area contributed by atoms with Gasteiger partial charge in [0.25, 0.3) is 5.91 Å². The van der Waals surface area contributed by atoms with E-state index in [4.69, 9.17) is 12.2 Å². The van der Waals surface area contributed by atoms with Crippen LogP contribution in [-0.2, 0) is 9.47 Å². The van der Waals surface area contributed by atoms with Crippen LogP contribution in [0.15, 0.2) is 36.4 Å². The third kappa shape index (κ3) is 4.77. The highest BCUT2D eigenvalue weighted by atomic mass is 16.6. The minimum absolute atomic E-state index is 0.133. The molecule has 1 aromatic carbocycles. The molecule has 2 aliphatic heterocycles. The molecule has 1 aromatic heterocycles. The van der Waals surface area contributed by atoms with Gasteiger partial charge in [-0.1, -0.05) is 12.1 Å². The summed E-state index contributed by atoms with van der Waals surface area (Å²) in [5.41, 5.74) is 2.14. The van der Waals surface area contributed by atoms with Crippen molar-refractivity contribution in [1.29, 1.82) is 0 Å². The van der Waals surface area contributed by atoms with Gasteiger partial charge in [0.05, 0.1) is 31.6 Å². The highest BCUT2D eigenvalue weighted by Crippen LogP contribution is 2.39. The van der Waals surface area contributed by atoms with Gasteiger partial charge in [0.15, 0.2) is 0 Å². The molecular formula is C24H31N5O3. The van der Waals surface area contributed by atoms with Gasteiger partial charge in [-0.3, -0.25) is 4.79 Å². The van der Waals surface area contributed by atoms with Crippen LogP contribution in [-0.4, -0.2) is 79.6 Å². The lowest BCUT2D eigenvalue weighted by Crippen LogP contribution is -2.39. The smallest absolute Gasteiger partial charge is 0.251 e. The Morgan fingerprint density at radius 2 is 2.03 bits per heavy atom. The standard InChI is InChI=1S/C24H31N5O3/c1-25-24(30)17-4-2-3-16(9-17)22-5-6-23(28-27-22)26-20-10-18-12-29(13-19(18)11-20)14-21-15-31-7-8-32-21/h2-6,9,18-21H,7-8,10-15H2,1H3,(H,25,30)(H,26,28)/t18-,19+,20?,21-/m0/s1/i14D2. The summed E-state index contributed by atoms with van der Waals surface area (Å²) in [6.45, 7) is 1.27. The van der Waals surface area contributed by atoms with Crippen molar-refractivity contribution in [2.75, 3.05) is 51.8 Å². The van der Waals surface area contributed by atoms with E-state index in [1.54, 1.807) is 13.1 Å². The molecule has 32 heavy (non-hydrogen) atoms. The third-order valence-corrected chi connectivity index (χ3v) is 6.56. The molecule has 3 fully saturated rings. The van der Waals surface area contributed by atoms with E-state index in [1.807, 2.05) is 35.2 Å². The molecule has 170 valence electrons. The number of rotatable bonds is 6. The Labute approximate surface area is 191 Å². The van der Waals surface area contributed by atoms with Crippen LogP contribution in [0.4, 0.5) is 5.82 Å². The number of benzene rings is 1. The van der Waals surface area contributed by atoms with Gasteiger partial charge in [-0.2, -0.15) is 0 Å². The van der Waals surface area contributed by atoms with Gasteiger partial charge < -0.3 is 25.0 Å². The Balaban J connectivity index is 1.17. The minimum Gasteiger partial charge on any atom is -0.376 e. The van der Waals surface area contributed by atoms with E-state index in [0.29, 0.717) is 49.0 Å². The number of ether oxygens (including phenoxy) is 2. The van der Waals surface area contributed by atoms with Gasteiger partial charge in [0, 0.05) is 46.5 Å². The number of fused-ring (bicyclic) bond motifs is 1. The zero-order valence-corrected chi connectivity index (χ0v) is 18.3. The molecule has 2 aromatic rings. The van der Waals surface area contributed by atoms with Crippen LogP contribution in [0.1, 0.15) is 25.9 Å². The second-order valence-electron chi connectivity index (χ2n) is 8.76. The maximum Gasteiger partial charge on any atom is 0.251 e. The fourth-order valence-electron chi connectivity index (χ4n) is 5.03. The summed E-state index contributed by atoms with van der Waals surface area (Å²) in [6, 6.07) is 11.5. The first-order valence-corrected chi connectivity index (χ1v) is 11.3. The number of hydrogen-bond acceptors (Lipinski definition) is 7. The summed E-state index contributed by atoms with van der Waals surface area (Å²) in [7, 11) is 1.61. The van der Waals surface area contributed by atoms with Crippen molar-refractivity contribution >= 4 is 11.7 Å². The summed E-state index contributed by atoms with van der Waals surface area (Å²) in [4.78, 5) is 13.8. The van der Waals surface area contributed by atoms with Crippen molar-refractivity contribution in [3.63, 3.8) is 0 Å². The lowest BCUT2D eigenvalue weighted by atomic mass is 10.0. The summed E-state index contributed by atoms with van der Waals surface area (Å²) in [5.74, 6) is 1.51. The van der Waals surface area contributed by atoms with Crippen LogP contribution in [0.5, 0.6) is 0 Å². The van der Waals surface area contributed by atoms with E-state index in [9.17, 15) is 4.79 Å². The number of aromatic nitrogens is 2. The topological polar surface area (TPSA) is 88.6 Å². The average molecular weight is 440 g/mol. The zero-order valence-electron chi connectivity index (χ0n) is 20.3. The summed E-state index contributed by atoms with van der Waals surface area (Å²) < 4.78 is 28.3. The number of amides is 1. The quantitative estimate of drug-likeness (QED) is 0.712. The molecule has 3 heterocycles. The molecule has 3 aliphatic rings. The zero-order chi connectivity index (χ0) is 23.7. The predicted molar refractivity (Wildman–Crippen MR) is 121 cm³/mol. The molecule has 0 spiro atoms. The Morgan fingerprint density at radius 3 is 2.72 bits per heavy atom. The third-order valence-electron chi connectivity index (χ3n) is 6.56. The van der Waals surface area contributed by atoms with Crippen LogP contribution in [0.3, 0.4) is 0 Å². The van der Waals surface area contributed by atoms with Crippen molar-refractivity contribution in [3.05, 3.63) is 42.0 Å². The molecule has 0 radical (unpaired) electrons. The highest BCUT2D eigenvalue weighted by Gasteiger charge is 2.41. The van der Waals surface area contributed by atoms with Crippen LogP contribution in [0, 0.1) is 11.8 Å². The number of carbonyl (C=O) groups is 1. The molecule has 0 bridgehead atoms. The molecule has 1 amide bonds. The van der Waals surface area contributed by atoms with Gasteiger partial charge >= 0.3 is 0 Å². The second-order valence-corrected chi connectivity index (χ2v) is 8.76. The molecule has 2 saturated heterocycles. The molecule has 8 heteroatoms. The van der Waals surface area contributed by atoms with E-state index in [-0.39, 0.29) is 5.91 Å². The van der Waals surface area contributed by atoms with Gasteiger partial charge in [0.2, 0.25) is 0 Å². The fourth-order valence-corrected chi connectivity index (χ4v) is 5.03. The van der Waals surface area contributed by atoms with Crippen LogP contribution < -0.4 is 10.6 Å². The maximum atomic E-state index is 11.9. The average Bonchev–Trinajstić information content (AvgIpc) is 3.44. The van der Waals surface area contributed by atoms with E-state index >= 15 is 0 Å². The van der Waals surface area contributed by atoms with E-state index in [1.165, 1.54) is 0 Å². The van der Waals surface area contributed by atoms with Gasteiger partial charge in [-0.15, -0.1) is 10.2 Å². The van der Waals surface area contributed by atoms with E-state index in [2.05, 4.69) is 20.8 Å². The highest BCUT2D eigenvalue weighted by molar-refractivity contribution is 5.95. The number of nitrogens with zero attached hydrogens (tertiary/aromatic N) is 3. The van der Waals surface area contributed by atoms with Crippen molar-refractivity contribution in [3.8, 4) is 11.3 Å². The summed E-state index contributed by atoms with van der Waals surface area (Å²) in [6.07, 6.45) is 1.44. The number of carbonyl (C=O) groups excluding carboxylic acids is 1. The van der Waals surface area contributed by atoms with E-state index < -0.39 is 12.6 Å². The van der Waals surface area contributed by atoms with Gasteiger partial charge in [-0.05, 0) is 48.9 Å². The SMILES string of the molecule is [2H]C([2H])([C@H]1COCCO1)N1C[C@H]2CC(Nc3ccc(-c4cccc(C(=O)NC)c4)nn3)C[C@H]2C1. The maximum absolute atomic E-state index is 11.9. The largest absolute Gasteiger partial charge is 0.376 e. The van der Waals surface area contributed by atoms with Crippen molar-refractivity contribution in [1.82, 2.24) is 20.4 Å². The van der Waals surface area contributed by atoms with Crippen molar-refractivity contribution < 1.29 is 17.0 Å². The second kappa shape index (κ2) is 9.52. The Morgan fingerprint density at radius 1 is 1.19 bits per heavy atom. The monoisotopic (exact) mass is 439 g/mol. The summed E-state index contributed by atoms with van der Waals surface area (Å²) in [5, 5.41) is 14.9. The van der Waals surface area contributed by atoms with E-state index in [0.717, 1.165) is 37.3 Å². The minimum atomic E-state index is -1.51. The van der Waals surface area contributed by atoms with Crippen LogP contribution in [0.2, 0.25) is 0 Å². The molecular weight excluding hydrogens is 406 g/mol. The lowest BCUT2D eigenvalue weighted by Gasteiger charge is -2.28. The Bertz CT molecular complexity index is 1000. The fraction of sp³-hybridized carbons (Fsp3) is 0.542. The molecule has 2 N–H and O–H groups in total. The normalized spacial score (nSPS) is 29.2. The number of nitrogens with one attached hydrogen (secondary N) is 2. The summed E-state index contributed by atoms with van der Waals surface area (Å²) >= 11 is 0. The first-order valence-electron chi connectivity index (χ1n) is 12.3. The first kappa shape index (κ1) is 19.0. The molecule has 1 unspecified atom stereocenters. The van der Waals surface area contributed by atoms with Gasteiger partial charge in [0.1, 0.15) is 5.82 Å². The molecule has 4 atom stereocenters. The Hall–Kier alpha value is -2.55. The molecule has 1 saturated carbocycles. The van der Waals surface area contributed by atoms with Crippen molar-refractivity contribution in [2.45, 2.75) is 25.0 Å². The Kier molecular flexibility index (Phi) is 5.64. The molecule has 8 nitrogen and oxygen atoms in total. The number of anilines is 1. The molecule has 1 aliphatic carbocycles. The lowest BCUT2D eigenvalue weighted by molar-refractivity contribution is -0.0964. The first-order chi connectivity index (χ1) is 16.4. The van der Waals surface area contributed by atoms with Gasteiger partial charge in [-0.25, -0.2) is 0 Å². The van der Waals surface area contributed by atoms with Crippen molar-refractivity contribution in [2.24, 2.45) is 11.8 Å². The molecule has 5 rings (SSSR count). The number of likely N-dealkylation sites (tertiary alicyclic amines) is 1. The van der Waals surface area contributed by atoms with Crippen LogP contribution >= 0.6 is 0 Å². The van der Waals surface area contributed by atoms with Crippen LogP contribution in [0.25, 0.3) is 11.3 Å².